The van der Waals surface area contributed by atoms with E-state index in [0.29, 0.717) is 5.52 Å². The molecule has 0 saturated heterocycles. The highest BCUT2D eigenvalue weighted by molar-refractivity contribution is 9.10. The molecule has 30 heavy (non-hydrogen) atoms. The van der Waals surface area contributed by atoms with E-state index in [4.69, 9.17) is 0 Å². The standard InChI is InChI=1S/C23H18BrN3O2S/c1-22-16-12-13-25-21(24)19(16)23(2,26-22)20-18(22)15-10-6-7-11-17(15)27(20)30(28,29)14-8-4-3-5-9-14/h3-13,26H,1-2H3. The minimum atomic E-state index is -3.81. The van der Waals surface area contributed by atoms with Crippen molar-refractivity contribution >= 4 is 36.9 Å². The Morgan fingerprint density at radius 3 is 2.40 bits per heavy atom. The van der Waals surface area contributed by atoms with E-state index < -0.39 is 21.1 Å². The Balaban J connectivity index is 1.80. The van der Waals surface area contributed by atoms with Crippen molar-refractivity contribution in [2.45, 2.75) is 29.8 Å². The monoisotopic (exact) mass is 479 g/mol. The summed E-state index contributed by atoms with van der Waals surface area (Å²) >= 11 is 3.61. The Morgan fingerprint density at radius 2 is 1.63 bits per heavy atom. The summed E-state index contributed by atoms with van der Waals surface area (Å²) < 4.78 is 30.1. The van der Waals surface area contributed by atoms with Gasteiger partial charge in [0.05, 0.1) is 27.2 Å². The van der Waals surface area contributed by atoms with Crippen LogP contribution in [0.4, 0.5) is 0 Å². The van der Waals surface area contributed by atoms with Gasteiger partial charge in [-0.3, -0.25) is 5.32 Å². The minimum absolute atomic E-state index is 0.274. The summed E-state index contributed by atoms with van der Waals surface area (Å²) in [7, 11) is -3.81. The number of nitrogens with one attached hydrogen (secondary N) is 1. The van der Waals surface area contributed by atoms with E-state index in [1.54, 1.807) is 30.5 Å². The van der Waals surface area contributed by atoms with Crippen molar-refractivity contribution in [2.24, 2.45) is 0 Å². The molecule has 0 amide bonds. The lowest BCUT2D eigenvalue weighted by Crippen LogP contribution is -2.38. The first-order chi connectivity index (χ1) is 14.3. The summed E-state index contributed by atoms with van der Waals surface area (Å²) in [5.74, 6) is 0. The Labute approximate surface area is 182 Å². The fraction of sp³-hybridized carbons (Fsp3) is 0.174. The van der Waals surface area contributed by atoms with Gasteiger partial charge in [-0.1, -0.05) is 36.4 Å². The maximum Gasteiger partial charge on any atom is 0.268 e. The van der Waals surface area contributed by atoms with Gasteiger partial charge in [0.1, 0.15) is 4.60 Å². The molecule has 150 valence electrons. The predicted octanol–water partition coefficient (Wildman–Crippen LogP) is 4.48. The zero-order valence-corrected chi connectivity index (χ0v) is 18.8. The first kappa shape index (κ1) is 18.3. The van der Waals surface area contributed by atoms with Crippen molar-refractivity contribution in [3.8, 4) is 0 Å². The van der Waals surface area contributed by atoms with Crippen molar-refractivity contribution in [3.05, 3.63) is 93.8 Å². The molecule has 2 atom stereocenters. The van der Waals surface area contributed by atoms with Crippen LogP contribution in [-0.4, -0.2) is 17.4 Å². The van der Waals surface area contributed by atoms with Crippen LogP contribution in [0.5, 0.6) is 0 Å². The lowest BCUT2D eigenvalue weighted by molar-refractivity contribution is 0.409. The van der Waals surface area contributed by atoms with E-state index in [2.05, 4.69) is 33.2 Å². The van der Waals surface area contributed by atoms with Gasteiger partial charge in [-0.25, -0.2) is 17.4 Å². The third-order valence-corrected chi connectivity index (χ3v) is 8.86. The normalized spacial score (nSPS) is 24.2. The Hall–Kier alpha value is -2.48. The summed E-state index contributed by atoms with van der Waals surface area (Å²) in [5, 5.41) is 4.68. The molecular formula is C23H18BrN3O2S. The zero-order chi connectivity index (χ0) is 20.9. The molecule has 0 radical (unpaired) electrons. The molecule has 7 heteroatoms. The number of para-hydroxylation sites is 1. The van der Waals surface area contributed by atoms with Crippen molar-refractivity contribution in [2.75, 3.05) is 0 Å². The number of nitrogens with zero attached hydrogens (tertiary/aromatic N) is 2. The molecule has 2 unspecified atom stereocenters. The van der Waals surface area contributed by atoms with Gasteiger partial charge in [-0.2, -0.15) is 0 Å². The molecule has 2 aromatic carbocycles. The van der Waals surface area contributed by atoms with E-state index >= 15 is 0 Å². The molecule has 0 fully saturated rings. The average molecular weight is 480 g/mol. The van der Waals surface area contributed by atoms with Crippen molar-refractivity contribution in [3.63, 3.8) is 0 Å². The smallest absolute Gasteiger partial charge is 0.268 e. The first-order valence-electron chi connectivity index (χ1n) is 9.70. The first-order valence-corrected chi connectivity index (χ1v) is 11.9. The summed E-state index contributed by atoms with van der Waals surface area (Å²) in [6, 6.07) is 18.4. The fourth-order valence-electron chi connectivity index (χ4n) is 5.45. The topological polar surface area (TPSA) is 64.0 Å². The zero-order valence-electron chi connectivity index (χ0n) is 16.3. The largest absolute Gasteiger partial charge is 0.289 e. The summed E-state index contributed by atoms with van der Waals surface area (Å²) in [4.78, 5) is 4.71. The predicted molar refractivity (Wildman–Crippen MR) is 119 cm³/mol. The maximum atomic E-state index is 13.9. The molecular weight excluding hydrogens is 462 g/mol. The number of pyridine rings is 1. The third kappa shape index (κ3) is 1.96. The lowest BCUT2D eigenvalue weighted by Gasteiger charge is -2.28. The second-order valence-corrected chi connectivity index (χ2v) is 10.8. The SMILES string of the molecule is CC12NC(C)(c3c1ccnc3Br)c1c2c2ccccc2n1S(=O)(=O)c1ccccc1. The van der Waals surface area contributed by atoms with Crippen molar-refractivity contribution in [1.82, 2.24) is 14.3 Å². The highest BCUT2D eigenvalue weighted by Gasteiger charge is 2.61. The molecule has 0 spiro atoms. The molecule has 2 aliphatic rings. The van der Waals surface area contributed by atoms with Gasteiger partial charge in [-0.05, 0) is 59.6 Å². The molecule has 2 bridgehead atoms. The van der Waals surface area contributed by atoms with E-state index in [0.717, 1.165) is 32.4 Å². The number of halogens is 1. The third-order valence-electron chi connectivity index (χ3n) is 6.53. The second kappa shape index (κ2) is 5.60. The molecule has 4 heterocycles. The Bertz CT molecular complexity index is 1480. The highest BCUT2D eigenvalue weighted by Crippen LogP contribution is 2.60. The van der Waals surface area contributed by atoms with Crippen LogP contribution in [0.25, 0.3) is 10.9 Å². The number of rotatable bonds is 2. The summed E-state index contributed by atoms with van der Waals surface area (Å²) in [5.41, 5.74) is 3.38. The Morgan fingerprint density at radius 1 is 0.933 bits per heavy atom. The quantitative estimate of drug-likeness (QED) is 0.430. The van der Waals surface area contributed by atoms with Crippen LogP contribution >= 0.6 is 15.9 Å². The van der Waals surface area contributed by atoms with Crippen molar-refractivity contribution in [1.29, 1.82) is 0 Å². The van der Waals surface area contributed by atoms with Crippen LogP contribution in [0.15, 0.2) is 76.4 Å². The summed E-state index contributed by atoms with van der Waals surface area (Å²) in [6.45, 7) is 4.17. The van der Waals surface area contributed by atoms with E-state index in [-0.39, 0.29) is 4.90 Å². The van der Waals surface area contributed by atoms with Gasteiger partial charge in [0.25, 0.3) is 10.0 Å². The maximum absolute atomic E-state index is 13.9. The minimum Gasteiger partial charge on any atom is -0.289 e. The molecule has 0 aliphatic carbocycles. The number of benzene rings is 2. The van der Waals surface area contributed by atoms with Gasteiger partial charge in [-0.15, -0.1) is 0 Å². The number of hydrogen-bond donors (Lipinski definition) is 1. The molecule has 5 nitrogen and oxygen atoms in total. The van der Waals surface area contributed by atoms with Crippen LogP contribution in [0.1, 0.15) is 36.2 Å². The van der Waals surface area contributed by atoms with Gasteiger partial charge >= 0.3 is 0 Å². The molecule has 0 saturated carbocycles. The second-order valence-electron chi connectivity index (χ2n) is 8.22. The van der Waals surface area contributed by atoms with Gasteiger partial charge in [0.2, 0.25) is 0 Å². The fourth-order valence-corrected chi connectivity index (χ4v) is 7.82. The van der Waals surface area contributed by atoms with Crippen LogP contribution in [0, 0.1) is 0 Å². The average Bonchev–Trinajstić information content (AvgIpc) is 3.30. The van der Waals surface area contributed by atoms with Crippen LogP contribution in [0.2, 0.25) is 0 Å². The molecule has 6 rings (SSSR count). The van der Waals surface area contributed by atoms with Crippen LogP contribution in [0.3, 0.4) is 0 Å². The van der Waals surface area contributed by atoms with E-state index in [1.807, 2.05) is 43.3 Å². The molecule has 1 N–H and O–H groups in total. The van der Waals surface area contributed by atoms with Crippen molar-refractivity contribution < 1.29 is 8.42 Å². The van der Waals surface area contributed by atoms with Gasteiger partial charge in [0.15, 0.2) is 0 Å². The molecule has 2 aromatic heterocycles. The molecule has 2 aliphatic heterocycles. The van der Waals surface area contributed by atoms with Gasteiger partial charge in [0, 0.05) is 22.7 Å². The van der Waals surface area contributed by atoms with Crippen LogP contribution in [-0.2, 0) is 21.1 Å². The molecule has 4 aromatic rings. The number of fused-ring (bicyclic) bond motifs is 10. The van der Waals surface area contributed by atoms with E-state index in [1.165, 1.54) is 3.97 Å². The number of hydrogen-bond acceptors (Lipinski definition) is 4. The highest BCUT2D eigenvalue weighted by atomic mass is 79.9. The van der Waals surface area contributed by atoms with Crippen LogP contribution < -0.4 is 5.32 Å². The summed E-state index contributed by atoms with van der Waals surface area (Å²) in [6.07, 6.45) is 1.79. The Kier molecular flexibility index (Phi) is 3.42. The van der Waals surface area contributed by atoms with Gasteiger partial charge < -0.3 is 0 Å². The lowest BCUT2D eigenvalue weighted by atomic mass is 9.77. The van der Waals surface area contributed by atoms with E-state index in [9.17, 15) is 8.42 Å². The number of aromatic nitrogens is 2.